The topological polar surface area (TPSA) is 124 Å². The number of ether oxygens (including phenoxy) is 4. The third-order valence-corrected chi connectivity index (χ3v) is 5.48. The molecular weight excluding hydrogens is 392 g/mol. The van der Waals surface area contributed by atoms with E-state index in [1.54, 1.807) is 0 Å². The van der Waals surface area contributed by atoms with Crippen LogP contribution in [-0.2, 0) is 49.5 Å². The Labute approximate surface area is 156 Å². The molecule has 0 radical (unpaired) electrons. The lowest BCUT2D eigenvalue weighted by Gasteiger charge is -2.07. The van der Waals surface area contributed by atoms with Gasteiger partial charge in [0.2, 0.25) is 0 Å². The lowest BCUT2D eigenvalue weighted by molar-refractivity contribution is 0.101. The smallest absolute Gasteiger partial charge is 0.430 e. The zero-order valence-corrected chi connectivity index (χ0v) is 15.8. The van der Waals surface area contributed by atoms with E-state index < -0.39 is 46.7 Å². The third kappa shape index (κ3) is 8.43. The normalized spacial score (nSPS) is 24.5. The summed E-state index contributed by atoms with van der Waals surface area (Å²) in [5.41, 5.74) is 0. The van der Waals surface area contributed by atoms with Crippen molar-refractivity contribution in [3.63, 3.8) is 0 Å². The Bertz CT molecular complexity index is 480. The molecule has 0 saturated carbocycles. The molecular formula is C14H22O10S2. The van der Waals surface area contributed by atoms with Crippen LogP contribution in [-0.4, -0.2) is 70.9 Å². The number of hydrogen-bond acceptors (Lipinski definition) is 10. The molecule has 0 amide bonds. The molecule has 2 aliphatic rings. The summed E-state index contributed by atoms with van der Waals surface area (Å²) in [6.45, 7) is 0.336. The number of carbonyl (C=O) groups excluding carboxylic acids is 2. The minimum absolute atomic E-state index is 0.0516. The van der Waals surface area contributed by atoms with Gasteiger partial charge in [0, 0.05) is 11.5 Å². The molecule has 26 heavy (non-hydrogen) atoms. The summed E-state index contributed by atoms with van der Waals surface area (Å²) >= 11 is -2.87. The van der Waals surface area contributed by atoms with E-state index in [9.17, 15) is 18.0 Å². The lowest BCUT2D eigenvalue weighted by Crippen LogP contribution is -2.19. The molecule has 0 aliphatic carbocycles. The summed E-state index contributed by atoms with van der Waals surface area (Å²) in [7, 11) is 0. The van der Waals surface area contributed by atoms with Crippen molar-refractivity contribution in [3.05, 3.63) is 0 Å². The first-order chi connectivity index (χ1) is 12.5. The predicted molar refractivity (Wildman–Crippen MR) is 88.8 cm³/mol. The molecule has 12 heteroatoms. The van der Waals surface area contributed by atoms with E-state index >= 15 is 0 Å². The minimum Gasteiger partial charge on any atom is -0.430 e. The molecule has 0 aromatic rings. The Kier molecular flexibility index (Phi) is 9.29. The van der Waals surface area contributed by atoms with Crippen LogP contribution in [0.3, 0.4) is 0 Å². The van der Waals surface area contributed by atoms with Gasteiger partial charge in [-0.3, -0.25) is 8.37 Å². The third-order valence-electron chi connectivity index (χ3n) is 3.44. The second-order valence-electron chi connectivity index (χ2n) is 5.60. The summed E-state index contributed by atoms with van der Waals surface area (Å²) in [6, 6.07) is 0. The number of rotatable bonds is 13. The van der Waals surface area contributed by atoms with Gasteiger partial charge in [-0.15, -0.1) is 0 Å². The number of cyclic esters (lactones) is 4. The Hall–Kier alpha value is -1.24. The molecule has 2 rings (SSSR count). The van der Waals surface area contributed by atoms with Crippen LogP contribution in [0, 0.1) is 0 Å². The van der Waals surface area contributed by atoms with E-state index in [4.69, 9.17) is 17.8 Å². The van der Waals surface area contributed by atoms with Crippen molar-refractivity contribution < 1.29 is 45.3 Å². The first kappa shape index (κ1) is 21.1. The van der Waals surface area contributed by atoms with Crippen molar-refractivity contribution in [1.29, 1.82) is 0 Å². The van der Waals surface area contributed by atoms with E-state index in [0.29, 0.717) is 24.3 Å². The van der Waals surface area contributed by atoms with Crippen LogP contribution in [0.5, 0.6) is 0 Å². The van der Waals surface area contributed by atoms with Crippen molar-refractivity contribution >= 4 is 34.5 Å². The second kappa shape index (κ2) is 11.5. The molecule has 0 spiro atoms. The average molecular weight is 414 g/mol. The van der Waals surface area contributed by atoms with Gasteiger partial charge in [0.15, 0.2) is 34.4 Å². The number of unbranched alkanes of at least 4 members (excludes halogenated alkanes) is 3. The second-order valence-corrected chi connectivity index (χ2v) is 8.10. The van der Waals surface area contributed by atoms with Gasteiger partial charge < -0.3 is 18.9 Å². The van der Waals surface area contributed by atoms with Gasteiger partial charge in [-0.1, -0.05) is 12.8 Å². The fourth-order valence-electron chi connectivity index (χ4n) is 2.11. The van der Waals surface area contributed by atoms with E-state index in [1.807, 2.05) is 0 Å². The first-order valence-electron chi connectivity index (χ1n) is 8.23. The van der Waals surface area contributed by atoms with Crippen molar-refractivity contribution in [2.24, 2.45) is 0 Å². The standard InChI is InChI=1S/C14H22O10S2/c15-13-19-7-11(23-13)9-21-25(17)5-3-1-2-4-6-26(18)22-10-12-8-20-14(16)24-12/h11-12H,1-10H2. The quantitative estimate of drug-likeness (QED) is 0.318. The van der Waals surface area contributed by atoms with Crippen molar-refractivity contribution in [1.82, 2.24) is 0 Å². The van der Waals surface area contributed by atoms with Crippen LogP contribution in [0.15, 0.2) is 0 Å². The van der Waals surface area contributed by atoms with Crippen LogP contribution >= 0.6 is 0 Å². The summed E-state index contributed by atoms with van der Waals surface area (Å²) in [5, 5.41) is 0. The molecule has 2 aliphatic heterocycles. The van der Waals surface area contributed by atoms with Crippen molar-refractivity contribution in [2.75, 3.05) is 37.9 Å². The summed E-state index contributed by atoms with van der Waals surface area (Å²) in [5.74, 6) is 0.766. The van der Waals surface area contributed by atoms with Gasteiger partial charge in [-0.05, 0) is 12.8 Å². The molecule has 4 atom stereocenters. The molecule has 0 aromatic carbocycles. The Morgan fingerprint density at radius 1 is 0.769 bits per heavy atom. The lowest BCUT2D eigenvalue weighted by atomic mass is 10.2. The highest BCUT2D eigenvalue weighted by Gasteiger charge is 2.26. The zero-order chi connectivity index (χ0) is 18.8. The minimum atomic E-state index is -1.43. The zero-order valence-electron chi connectivity index (χ0n) is 14.1. The van der Waals surface area contributed by atoms with Crippen molar-refractivity contribution in [2.45, 2.75) is 37.9 Å². The molecule has 0 N–H and O–H groups in total. The van der Waals surface area contributed by atoms with Gasteiger partial charge in [-0.25, -0.2) is 18.0 Å². The summed E-state index contributed by atoms with van der Waals surface area (Å²) < 4.78 is 52.2. The molecule has 2 heterocycles. The van der Waals surface area contributed by atoms with E-state index in [1.165, 1.54) is 0 Å². The maximum absolute atomic E-state index is 11.6. The highest BCUT2D eigenvalue weighted by molar-refractivity contribution is 7.80. The molecule has 4 unspecified atom stereocenters. The van der Waals surface area contributed by atoms with E-state index in [-0.39, 0.29) is 26.4 Å². The summed E-state index contributed by atoms with van der Waals surface area (Å²) in [6.07, 6.45) is 0.588. The predicted octanol–water partition coefficient (Wildman–Crippen LogP) is 0.978. The van der Waals surface area contributed by atoms with E-state index in [0.717, 1.165) is 12.8 Å². The SMILES string of the molecule is O=C1OCC(COS(=O)CCCCCCS(=O)OCC2COC(=O)O2)O1. The molecule has 2 fully saturated rings. The number of hydrogen-bond donors (Lipinski definition) is 0. The van der Waals surface area contributed by atoms with E-state index in [2.05, 4.69) is 9.47 Å². The molecule has 150 valence electrons. The highest BCUT2D eigenvalue weighted by atomic mass is 32.2. The first-order valence-corrected chi connectivity index (χ1v) is 10.7. The van der Waals surface area contributed by atoms with Crippen LogP contribution < -0.4 is 0 Å². The van der Waals surface area contributed by atoms with Gasteiger partial charge in [-0.2, -0.15) is 0 Å². The monoisotopic (exact) mass is 414 g/mol. The van der Waals surface area contributed by atoms with Crippen LogP contribution in [0.25, 0.3) is 0 Å². The Balaban J connectivity index is 1.39. The largest absolute Gasteiger partial charge is 0.508 e. The summed E-state index contributed by atoms with van der Waals surface area (Å²) in [4.78, 5) is 21.4. The molecule has 10 nitrogen and oxygen atoms in total. The number of carbonyl (C=O) groups is 2. The van der Waals surface area contributed by atoms with Crippen LogP contribution in [0.1, 0.15) is 25.7 Å². The Morgan fingerprint density at radius 3 is 1.54 bits per heavy atom. The average Bonchev–Trinajstić information content (AvgIpc) is 3.22. The maximum Gasteiger partial charge on any atom is 0.508 e. The molecule has 0 bridgehead atoms. The van der Waals surface area contributed by atoms with Gasteiger partial charge >= 0.3 is 12.3 Å². The molecule has 2 saturated heterocycles. The maximum atomic E-state index is 11.6. The molecule has 0 aromatic heterocycles. The van der Waals surface area contributed by atoms with Gasteiger partial charge in [0.1, 0.15) is 26.4 Å². The van der Waals surface area contributed by atoms with Crippen molar-refractivity contribution in [3.8, 4) is 0 Å². The Morgan fingerprint density at radius 2 is 1.19 bits per heavy atom. The van der Waals surface area contributed by atoms with Crippen LogP contribution in [0.4, 0.5) is 9.59 Å². The highest BCUT2D eigenvalue weighted by Crippen LogP contribution is 2.09. The van der Waals surface area contributed by atoms with Gasteiger partial charge in [0.05, 0.1) is 0 Å². The fraction of sp³-hybridized carbons (Fsp3) is 0.857. The van der Waals surface area contributed by atoms with Gasteiger partial charge in [0.25, 0.3) is 0 Å². The van der Waals surface area contributed by atoms with Crippen LogP contribution in [0.2, 0.25) is 0 Å². The fourth-order valence-corrected chi connectivity index (χ4v) is 3.83.